The third kappa shape index (κ3) is 4.70. The molecule has 1 saturated heterocycles. The molecule has 2 rings (SSSR count). The standard InChI is InChI=1S/C16H23FN2O2/c1-12-10-14(18)7-8-19(12)16(20)6-3-9-21-15-5-2-4-13(17)11-15/h2,4-5,11-12,14H,3,6-10,18H2,1H3/t12-,14+/m1/s1. The third-order valence-corrected chi connectivity index (χ3v) is 3.84. The summed E-state index contributed by atoms with van der Waals surface area (Å²) in [6.45, 7) is 3.20. The molecule has 1 aromatic carbocycles. The van der Waals surface area contributed by atoms with Crippen molar-refractivity contribution in [1.29, 1.82) is 0 Å². The lowest BCUT2D eigenvalue weighted by Crippen LogP contribution is -2.48. The highest BCUT2D eigenvalue weighted by Gasteiger charge is 2.26. The van der Waals surface area contributed by atoms with E-state index in [1.807, 2.05) is 11.8 Å². The molecule has 2 N–H and O–H groups in total. The lowest BCUT2D eigenvalue weighted by molar-refractivity contribution is -0.134. The zero-order chi connectivity index (χ0) is 15.2. The van der Waals surface area contributed by atoms with Crippen molar-refractivity contribution in [1.82, 2.24) is 4.90 Å². The first-order valence-corrected chi connectivity index (χ1v) is 7.49. The molecule has 0 bridgehead atoms. The Bertz CT molecular complexity index is 481. The summed E-state index contributed by atoms with van der Waals surface area (Å²) in [6.07, 6.45) is 2.82. The molecule has 0 aliphatic carbocycles. The summed E-state index contributed by atoms with van der Waals surface area (Å²) in [6, 6.07) is 6.45. The van der Waals surface area contributed by atoms with E-state index >= 15 is 0 Å². The highest BCUT2D eigenvalue weighted by atomic mass is 19.1. The molecular formula is C16H23FN2O2. The number of nitrogens with two attached hydrogens (primary N) is 1. The molecule has 1 heterocycles. The average molecular weight is 294 g/mol. The molecule has 0 radical (unpaired) electrons. The number of carbonyl (C=O) groups excluding carboxylic acids is 1. The van der Waals surface area contributed by atoms with E-state index in [-0.39, 0.29) is 23.8 Å². The first-order chi connectivity index (χ1) is 10.1. The van der Waals surface area contributed by atoms with Crippen LogP contribution in [0.5, 0.6) is 5.75 Å². The fourth-order valence-electron chi connectivity index (χ4n) is 2.69. The van der Waals surface area contributed by atoms with Gasteiger partial charge in [-0.1, -0.05) is 6.07 Å². The molecule has 5 heteroatoms. The zero-order valence-corrected chi connectivity index (χ0v) is 12.4. The number of piperidine rings is 1. The second-order valence-corrected chi connectivity index (χ2v) is 5.63. The summed E-state index contributed by atoms with van der Waals surface area (Å²) >= 11 is 0. The van der Waals surface area contributed by atoms with E-state index in [9.17, 15) is 9.18 Å². The van der Waals surface area contributed by atoms with Crippen LogP contribution in [0, 0.1) is 5.82 Å². The number of ether oxygens (including phenoxy) is 1. The monoisotopic (exact) mass is 294 g/mol. The van der Waals surface area contributed by atoms with Gasteiger partial charge >= 0.3 is 0 Å². The van der Waals surface area contributed by atoms with Gasteiger partial charge < -0.3 is 15.4 Å². The first kappa shape index (κ1) is 15.8. The molecule has 116 valence electrons. The molecule has 0 unspecified atom stereocenters. The number of halogens is 1. The minimum atomic E-state index is -0.318. The van der Waals surface area contributed by atoms with Crippen LogP contribution < -0.4 is 10.5 Å². The lowest BCUT2D eigenvalue weighted by Gasteiger charge is -2.36. The topological polar surface area (TPSA) is 55.6 Å². The molecule has 1 fully saturated rings. The van der Waals surface area contributed by atoms with Crippen LogP contribution in [0.25, 0.3) is 0 Å². The summed E-state index contributed by atoms with van der Waals surface area (Å²) < 4.78 is 18.4. The Balaban J connectivity index is 1.70. The van der Waals surface area contributed by atoms with E-state index in [4.69, 9.17) is 10.5 Å². The minimum absolute atomic E-state index is 0.150. The van der Waals surface area contributed by atoms with Crippen LogP contribution in [0.1, 0.15) is 32.6 Å². The van der Waals surface area contributed by atoms with Crippen LogP contribution in [-0.4, -0.2) is 36.0 Å². The maximum Gasteiger partial charge on any atom is 0.222 e. The van der Waals surface area contributed by atoms with Crippen molar-refractivity contribution in [2.75, 3.05) is 13.2 Å². The quantitative estimate of drug-likeness (QED) is 0.848. The molecule has 21 heavy (non-hydrogen) atoms. The predicted molar refractivity (Wildman–Crippen MR) is 79.5 cm³/mol. The van der Waals surface area contributed by atoms with E-state index in [1.165, 1.54) is 12.1 Å². The van der Waals surface area contributed by atoms with Crippen molar-refractivity contribution in [3.05, 3.63) is 30.1 Å². The van der Waals surface area contributed by atoms with Crippen LogP contribution in [0.15, 0.2) is 24.3 Å². The smallest absolute Gasteiger partial charge is 0.222 e. The first-order valence-electron chi connectivity index (χ1n) is 7.49. The SMILES string of the molecule is C[C@@H]1C[C@@H](N)CCN1C(=O)CCCOc1cccc(F)c1. The Kier molecular flexibility index (Phi) is 5.56. The molecule has 1 aliphatic heterocycles. The Morgan fingerprint density at radius 2 is 2.33 bits per heavy atom. The summed E-state index contributed by atoms with van der Waals surface area (Å²) in [4.78, 5) is 14.1. The van der Waals surface area contributed by atoms with E-state index in [2.05, 4.69) is 0 Å². The fourth-order valence-corrected chi connectivity index (χ4v) is 2.69. The number of carbonyl (C=O) groups is 1. The summed E-state index contributed by atoms with van der Waals surface area (Å²) in [5.74, 6) is 0.332. The molecule has 0 spiro atoms. The van der Waals surface area contributed by atoms with Crippen molar-refractivity contribution >= 4 is 5.91 Å². The van der Waals surface area contributed by atoms with Gasteiger partial charge in [0, 0.05) is 31.1 Å². The summed E-state index contributed by atoms with van der Waals surface area (Å²) in [5.41, 5.74) is 5.90. The number of amides is 1. The van der Waals surface area contributed by atoms with Gasteiger partial charge in [-0.05, 0) is 38.3 Å². The molecule has 4 nitrogen and oxygen atoms in total. The van der Waals surface area contributed by atoms with Gasteiger partial charge in [-0.2, -0.15) is 0 Å². The second-order valence-electron chi connectivity index (χ2n) is 5.63. The number of hydrogen-bond acceptors (Lipinski definition) is 3. The molecule has 1 amide bonds. The normalized spacial score (nSPS) is 22.1. The molecule has 0 saturated carbocycles. The largest absolute Gasteiger partial charge is 0.493 e. The van der Waals surface area contributed by atoms with Gasteiger partial charge in [0.25, 0.3) is 0 Å². The molecular weight excluding hydrogens is 271 g/mol. The van der Waals surface area contributed by atoms with Gasteiger partial charge in [0.1, 0.15) is 11.6 Å². The van der Waals surface area contributed by atoms with Gasteiger partial charge in [0.2, 0.25) is 5.91 Å². The van der Waals surface area contributed by atoms with E-state index in [0.717, 1.165) is 19.4 Å². The number of hydrogen-bond donors (Lipinski definition) is 1. The Hall–Kier alpha value is -1.62. The third-order valence-electron chi connectivity index (χ3n) is 3.84. The summed E-state index contributed by atoms with van der Waals surface area (Å²) in [5, 5.41) is 0. The van der Waals surface area contributed by atoms with Crippen molar-refractivity contribution in [3.63, 3.8) is 0 Å². The molecule has 0 aromatic heterocycles. The van der Waals surface area contributed by atoms with Gasteiger partial charge in [0.15, 0.2) is 0 Å². The van der Waals surface area contributed by atoms with E-state index in [1.54, 1.807) is 12.1 Å². The van der Waals surface area contributed by atoms with Gasteiger partial charge in [0.05, 0.1) is 6.61 Å². The molecule has 1 aromatic rings. The zero-order valence-electron chi connectivity index (χ0n) is 12.4. The second kappa shape index (κ2) is 7.41. The van der Waals surface area contributed by atoms with Crippen LogP contribution in [0.3, 0.4) is 0 Å². The number of nitrogens with zero attached hydrogens (tertiary/aromatic N) is 1. The maximum absolute atomic E-state index is 13.0. The highest BCUT2D eigenvalue weighted by molar-refractivity contribution is 5.76. The van der Waals surface area contributed by atoms with E-state index in [0.29, 0.717) is 25.2 Å². The van der Waals surface area contributed by atoms with Crippen molar-refractivity contribution in [2.45, 2.75) is 44.7 Å². The van der Waals surface area contributed by atoms with Gasteiger partial charge in [-0.15, -0.1) is 0 Å². The van der Waals surface area contributed by atoms with Crippen LogP contribution in [0.4, 0.5) is 4.39 Å². The predicted octanol–water partition coefficient (Wildman–Crippen LogP) is 2.32. The van der Waals surface area contributed by atoms with Crippen LogP contribution in [-0.2, 0) is 4.79 Å². The highest BCUT2D eigenvalue weighted by Crippen LogP contribution is 2.17. The Morgan fingerprint density at radius 1 is 1.52 bits per heavy atom. The van der Waals surface area contributed by atoms with Crippen molar-refractivity contribution < 1.29 is 13.9 Å². The number of rotatable bonds is 5. The minimum Gasteiger partial charge on any atom is -0.493 e. The van der Waals surface area contributed by atoms with Crippen molar-refractivity contribution in [2.24, 2.45) is 5.73 Å². The Labute approximate surface area is 125 Å². The maximum atomic E-state index is 13.0. The van der Waals surface area contributed by atoms with Gasteiger partial charge in [-0.25, -0.2) is 4.39 Å². The molecule has 2 atom stereocenters. The van der Waals surface area contributed by atoms with E-state index < -0.39 is 0 Å². The number of benzene rings is 1. The summed E-state index contributed by atoms with van der Waals surface area (Å²) in [7, 11) is 0. The lowest BCUT2D eigenvalue weighted by atomic mass is 9.98. The van der Waals surface area contributed by atoms with Crippen LogP contribution >= 0.6 is 0 Å². The molecule has 1 aliphatic rings. The fraction of sp³-hybridized carbons (Fsp3) is 0.562. The number of likely N-dealkylation sites (tertiary alicyclic amines) is 1. The average Bonchev–Trinajstić information content (AvgIpc) is 2.43. The van der Waals surface area contributed by atoms with Gasteiger partial charge in [-0.3, -0.25) is 4.79 Å². The van der Waals surface area contributed by atoms with Crippen molar-refractivity contribution in [3.8, 4) is 5.75 Å². The van der Waals surface area contributed by atoms with Crippen LogP contribution in [0.2, 0.25) is 0 Å². The Morgan fingerprint density at radius 3 is 3.05 bits per heavy atom.